The van der Waals surface area contributed by atoms with Gasteiger partial charge in [-0.3, -0.25) is 14.4 Å². The van der Waals surface area contributed by atoms with Gasteiger partial charge in [0.05, 0.1) is 18.5 Å². The molecule has 0 radical (unpaired) electrons. The number of aromatic nitrogens is 2. The maximum atomic E-state index is 13.4. The van der Waals surface area contributed by atoms with Gasteiger partial charge in [-0.2, -0.15) is 0 Å². The Morgan fingerprint density at radius 2 is 1.73 bits per heavy atom. The van der Waals surface area contributed by atoms with Crippen LogP contribution in [0.1, 0.15) is 31.0 Å². The molecule has 5 atom stereocenters. The number of hydrogen-bond donors (Lipinski definition) is 8. The first-order valence-electron chi connectivity index (χ1n) is 11.9. The Bertz CT molecular complexity index is 1070. The fourth-order valence-electron chi connectivity index (χ4n) is 4.00. The molecular weight excluding hydrogens is 484 g/mol. The smallest absolute Gasteiger partial charge is 0.328 e. The number of imidazole rings is 1. The minimum atomic E-state index is -1.60. The van der Waals surface area contributed by atoms with Crippen LogP contribution >= 0.6 is 0 Å². The molecule has 1 aliphatic rings. The van der Waals surface area contributed by atoms with Crippen molar-refractivity contribution in [3.05, 3.63) is 48.0 Å². The van der Waals surface area contributed by atoms with E-state index in [1.807, 2.05) is 0 Å². The predicted octanol–water partition coefficient (Wildman–Crippen LogP) is -1.43. The third-order valence-corrected chi connectivity index (χ3v) is 6.04. The average Bonchev–Trinajstić information content (AvgIpc) is 3.57. The van der Waals surface area contributed by atoms with Gasteiger partial charge in [0.2, 0.25) is 17.7 Å². The molecule has 0 bridgehead atoms. The summed E-state index contributed by atoms with van der Waals surface area (Å²) >= 11 is 0. The standard InChI is InChI=1S/C24H32N6O7/c1-13(31)20(24(36)37)30-23(35)18(9-14-4-6-16(32)7-5-14)28-22(34)19(10-15-11-25-12-27-15)29-21(33)17-3-2-8-26-17/h4-7,11-13,17-20,26,31-32H,2-3,8-10H2,1H3,(H,25,27)(H,28,34)(H,29,33)(H,30,35)(H,36,37). The molecule has 2 aromatic rings. The Balaban J connectivity index is 1.81. The zero-order valence-electron chi connectivity index (χ0n) is 20.3. The number of aromatic hydroxyl groups is 1. The molecule has 5 unspecified atom stereocenters. The van der Waals surface area contributed by atoms with Gasteiger partial charge in [-0.15, -0.1) is 0 Å². The molecule has 3 rings (SSSR count). The van der Waals surface area contributed by atoms with E-state index in [0.717, 1.165) is 6.42 Å². The fourth-order valence-corrected chi connectivity index (χ4v) is 4.00. The summed E-state index contributed by atoms with van der Waals surface area (Å²) < 4.78 is 0. The number of nitrogens with one attached hydrogen (secondary N) is 5. The van der Waals surface area contributed by atoms with Gasteiger partial charge >= 0.3 is 5.97 Å². The van der Waals surface area contributed by atoms with Crippen molar-refractivity contribution in [3.8, 4) is 5.75 Å². The summed E-state index contributed by atoms with van der Waals surface area (Å²) in [5.74, 6) is -3.28. The molecule has 13 nitrogen and oxygen atoms in total. The summed E-state index contributed by atoms with van der Waals surface area (Å²) in [5, 5.41) is 39.4. The third kappa shape index (κ3) is 8.02. The minimum Gasteiger partial charge on any atom is -0.508 e. The van der Waals surface area contributed by atoms with Gasteiger partial charge in [0, 0.05) is 24.7 Å². The van der Waals surface area contributed by atoms with E-state index in [0.29, 0.717) is 24.2 Å². The van der Waals surface area contributed by atoms with Crippen molar-refractivity contribution < 1.29 is 34.5 Å². The fraction of sp³-hybridized carbons (Fsp3) is 0.458. The quantitative estimate of drug-likeness (QED) is 0.166. The maximum Gasteiger partial charge on any atom is 0.328 e. The van der Waals surface area contributed by atoms with E-state index < -0.39 is 48.1 Å². The molecule has 1 saturated heterocycles. The molecule has 1 aliphatic heterocycles. The first kappa shape index (κ1) is 27.6. The van der Waals surface area contributed by atoms with Gasteiger partial charge in [-0.05, 0) is 44.0 Å². The summed E-state index contributed by atoms with van der Waals surface area (Å²) in [4.78, 5) is 57.5. The van der Waals surface area contributed by atoms with E-state index in [4.69, 9.17) is 0 Å². The normalized spacial score (nSPS) is 18.3. The summed E-state index contributed by atoms with van der Waals surface area (Å²) in [5.41, 5.74) is 1.16. The summed E-state index contributed by atoms with van der Waals surface area (Å²) in [6.07, 6.45) is 3.05. The number of aliphatic hydroxyl groups is 1. The molecule has 0 aliphatic carbocycles. The highest BCUT2D eigenvalue weighted by Crippen LogP contribution is 2.13. The van der Waals surface area contributed by atoms with E-state index in [9.17, 15) is 34.5 Å². The number of carbonyl (C=O) groups excluding carboxylic acids is 3. The number of rotatable bonds is 12. The van der Waals surface area contributed by atoms with Crippen LogP contribution in [0.4, 0.5) is 0 Å². The van der Waals surface area contributed by atoms with Gasteiger partial charge in [0.1, 0.15) is 17.8 Å². The van der Waals surface area contributed by atoms with E-state index in [2.05, 4.69) is 31.2 Å². The van der Waals surface area contributed by atoms with E-state index in [1.54, 1.807) is 12.1 Å². The van der Waals surface area contributed by atoms with E-state index in [-0.39, 0.29) is 24.5 Å². The number of phenols is 1. The average molecular weight is 517 g/mol. The highest BCUT2D eigenvalue weighted by molar-refractivity contribution is 5.94. The Labute approximate surface area is 213 Å². The lowest BCUT2D eigenvalue weighted by atomic mass is 10.0. The van der Waals surface area contributed by atoms with Crippen LogP contribution in [0.25, 0.3) is 0 Å². The SMILES string of the molecule is CC(O)C(NC(=O)C(Cc1ccc(O)cc1)NC(=O)C(Cc1cnc[nH]1)NC(=O)C1CCCN1)C(=O)O. The van der Waals surface area contributed by atoms with E-state index >= 15 is 0 Å². The number of amides is 3. The maximum absolute atomic E-state index is 13.4. The van der Waals surface area contributed by atoms with Crippen molar-refractivity contribution in [1.29, 1.82) is 0 Å². The monoisotopic (exact) mass is 516 g/mol. The molecule has 1 aromatic heterocycles. The van der Waals surface area contributed by atoms with Crippen LogP contribution in [-0.4, -0.2) is 85.8 Å². The van der Waals surface area contributed by atoms with Crippen molar-refractivity contribution >= 4 is 23.7 Å². The topological polar surface area (TPSA) is 206 Å². The van der Waals surface area contributed by atoms with Crippen molar-refractivity contribution in [2.75, 3.05) is 6.54 Å². The number of H-pyrrole nitrogens is 1. The zero-order valence-corrected chi connectivity index (χ0v) is 20.3. The van der Waals surface area contributed by atoms with Crippen LogP contribution in [0, 0.1) is 0 Å². The van der Waals surface area contributed by atoms with Crippen molar-refractivity contribution in [2.45, 2.75) is 62.9 Å². The third-order valence-electron chi connectivity index (χ3n) is 6.04. The Morgan fingerprint density at radius 3 is 2.30 bits per heavy atom. The van der Waals surface area contributed by atoms with Crippen LogP contribution < -0.4 is 21.3 Å². The molecule has 37 heavy (non-hydrogen) atoms. The number of aliphatic hydroxyl groups excluding tert-OH is 1. The van der Waals surface area contributed by atoms with Gasteiger partial charge < -0.3 is 41.6 Å². The zero-order chi connectivity index (χ0) is 26.9. The Kier molecular flexibility index (Phi) is 9.57. The summed E-state index contributed by atoms with van der Waals surface area (Å²) in [7, 11) is 0. The lowest BCUT2D eigenvalue weighted by molar-refractivity contribution is -0.145. The van der Waals surface area contributed by atoms with Crippen molar-refractivity contribution in [2.24, 2.45) is 0 Å². The van der Waals surface area contributed by atoms with Crippen LogP contribution in [0.15, 0.2) is 36.8 Å². The van der Waals surface area contributed by atoms with Crippen molar-refractivity contribution in [3.63, 3.8) is 0 Å². The molecule has 8 N–H and O–H groups in total. The number of aromatic amines is 1. The molecule has 1 aromatic carbocycles. The number of phenolic OH excluding ortho intramolecular Hbond substituents is 1. The molecule has 13 heteroatoms. The number of carbonyl (C=O) groups is 4. The Morgan fingerprint density at radius 1 is 1.05 bits per heavy atom. The Hall–Kier alpha value is -3.97. The van der Waals surface area contributed by atoms with Gasteiger partial charge in [0.15, 0.2) is 6.04 Å². The van der Waals surface area contributed by atoms with Crippen molar-refractivity contribution in [1.82, 2.24) is 31.2 Å². The lowest BCUT2D eigenvalue weighted by Gasteiger charge is -2.26. The van der Waals surface area contributed by atoms with Gasteiger partial charge in [-0.25, -0.2) is 9.78 Å². The number of hydrogen-bond acceptors (Lipinski definition) is 8. The van der Waals surface area contributed by atoms with Crippen LogP contribution in [-0.2, 0) is 32.0 Å². The van der Waals surface area contributed by atoms with E-state index in [1.165, 1.54) is 31.6 Å². The molecule has 200 valence electrons. The second-order valence-corrected chi connectivity index (χ2v) is 8.99. The molecule has 0 saturated carbocycles. The van der Waals surface area contributed by atoms with Gasteiger partial charge in [0.25, 0.3) is 0 Å². The van der Waals surface area contributed by atoms with Gasteiger partial charge in [-0.1, -0.05) is 12.1 Å². The number of nitrogens with zero attached hydrogens (tertiary/aromatic N) is 1. The highest BCUT2D eigenvalue weighted by Gasteiger charge is 2.33. The molecule has 3 amide bonds. The molecule has 2 heterocycles. The first-order valence-corrected chi connectivity index (χ1v) is 11.9. The minimum absolute atomic E-state index is 0.0108. The van der Waals surface area contributed by atoms with Crippen LogP contribution in [0.5, 0.6) is 5.75 Å². The number of carboxylic acids is 1. The molecular formula is C24H32N6O7. The highest BCUT2D eigenvalue weighted by atomic mass is 16.4. The number of benzene rings is 1. The van der Waals surface area contributed by atoms with Crippen LogP contribution in [0.3, 0.4) is 0 Å². The first-order chi connectivity index (χ1) is 17.6. The number of carboxylic acid groups (broad SMARTS) is 1. The number of aliphatic carboxylic acids is 1. The predicted molar refractivity (Wildman–Crippen MR) is 130 cm³/mol. The van der Waals surface area contributed by atoms with Crippen LogP contribution in [0.2, 0.25) is 0 Å². The lowest BCUT2D eigenvalue weighted by Crippen LogP contribution is -2.59. The largest absolute Gasteiger partial charge is 0.508 e. The molecule has 1 fully saturated rings. The summed E-state index contributed by atoms with van der Waals surface area (Å²) in [6.45, 7) is 1.91. The second kappa shape index (κ2) is 12.8. The molecule has 0 spiro atoms. The summed E-state index contributed by atoms with van der Waals surface area (Å²) in [6, 6.07) is 1.61. The second-order valence-electron chi connectivity index (χ2n) is 8.99.